The highest BCUT2D eigenvalue weighted by Gasteiger charge is 2.90. The molecule has 0 rings (SSSR count). The quantitative estimate of drug-likeness (QED) is 0.433. The second-order valence-electron chi connectivity index (χ2n) is 5.36. The Hall–Kier alpha value is -1.70. The van der Waals surface area contributed by atoms with E-state index in [0.29, 0.717) is 6.92 Å². The molecule has 0 aromatic carbocycles. The van der Waals surface area contributed by atoms with Gasteiger partial charge >= 0.3 is 41.8 Å². The highest BCUT2D eigenvalue weighted by atomic mass is 19.4. The molecular formula is C12H9F13O2. The molecule has 160 valence electrons. The van der Waals surface area contributed by atoms with Gasteiger partial charge < -0.3 is 5.11 Å². The van der Waals surface area contributed by atoms with Crippen molar-refractivity contribution in [1.29, 1.82) is 0 Å². The van der Waals surface area contributed by atoms with Crippen molar-refractivity contribution in [3.8, 4) is 0 Å². The molecule has 0 aliphatic rings. The van der Waals surface area contributed by atoms with Crippen molar-refractivity contribution >= 4 is 5.97 Å². The fraction of sp³-hybridized carbons (Fsp3) is 0.750. The summed E-state index contributed by atoms with van der Waals surface area (Å²) in [4.78, 5) is 10.4. The molecule has 2 nitrogen and oxygen atoms in total. The van der Waals surface area contributed by atoms with Crippen LogP contribution in [0, 0.1) is 5.92 Å². The van der Waals surface area contributed by atoms with Gasteiger partial charge in [0.05, 0.1) is 0 Å². The summed E-state index contributed by atoms with van der Waals surface area (Å²) in [5.41, 5.74) is -1.14. The van der Waals surface area contributed by atoms with E-state index in [2.05, 4.69) is 0 Å². The third-order valence-corrected chi connectivity index (χ3v) is 3.37. The van der Waals surface area contributed by atoms with Gasteiger partial charge in [0.25, 0.3) is 0 Å². The van der Waals surface area contributed by atoms with Crippen LogP contribution in [-0.4, -0.2) is 46.9 Å². The summed E-state index contributed by atoms with van der Waals surface area (Å²) in [7, 11) is 0. The Morgan fingerprint density at radius 3 is 1.37 bits per heavy atom. The lowest BCUT2D eigenvalue weighted by atomic mass is 9.87. The third kappa shape index (κ3) is 3.68. The van der Waals surface area contributed by atoms with Crippen LogP contribution in [0.2, 0.25) is 0 Å². The molecule has 1 unspecified atom stereocenters. The molecule has 0 radical (unpaired) electrons. The van der Waals surface area contributed by atoms with Crippen molar-refractivity contribution in [3.63, 3.8) is 0 Å². The number of hydrogen-bond donors (Lipinski definition) is 1. The zero-order valence-electron chi connectivity index (χ0n) is 12.9. The van der Waals surface area contributed by atoms with Crippen LogP contribution in [0.15, 0.2) is 11.6 Å². The van der Waals surface area contributed by atoms with Gasteiger partial charge in [-0.25, -0.2) is 4.79 Å². The average Bonchev–Trinajstić information content (AvgIpc) is 2.44. The van der Waals surface area contributed by atoms with E-state index < -0.39 is 53.2 Å². The number of carbonyl (C=O) groups is 1. The molecule has 0 fully saturated rings. The Bertz CT molecular complexity index is 603. The summed E-state index contributed by atoms with van der Waals surface area (Å²) in [5.74, 6) is -42.7. The minimum Gasteiger partial charge on any atom is -0.478 e. The number of aliphatic carboxylic acids is 1. The zero-order valence-corrected chi connectivity index (χ0v) is 12.9. The average molecular weight is 432 g/mol. The van der Waals surface area contributed by atoms with E-state index in [9.17, 15) is 61.9 Å². The first-order chi connectivity index (χ1) is 11.5. The van der Waals surface area contributed by atoms with Gasteiger partial charge in [-0.05, 0) is 6.92 Å². The summed E-state index contributed by atoms with van der Waals surface area (Å²) in [6, 6.07) is 0. The van der Waals surface area contributed by atoms with E-state index in [4.69, 9.17) is 5.11 Å². The van der Waals surface area contributed by atoms with Gasteiger partial charge in [-0.2, -0.15) is 57.1 Å². The topological polar surface area (TPSA) is 37.3 Å². The number of carboxylic acid groups (broad SMARTS) is 1. The summed E-state index contributed by atoms with van der Waals surface area (Å²) in [6.07, 6.45) is -7.76. The molecule has 0 saturated carbocycles. The van der Waals surface area contributed by atoms with E-state index in [1.807, 2.05) is 0 Å². The second-order valence-corrected chi connectivity index (χ2v) is 5.36. The van der Waals surface area contributed by atoms with Crippen LogP contribution in [0.25, 0.3) is 0 Å². The summed E-state index contributed by atoms with van der Waals surface area (Å²) in [5, 5.41) is 8.39. The van der Waals surface area contributed by atoms with Gasteiger partial charge in [0, 0.05) is 11.5 Å². The Labute approximate surface area is 141 Å². The third-order valence-electron chi connectivity index (χ3n) is 3.37. The van der Waals surface area contributed by atoms with E-state index in [1.54, 1.807) is 0 Å². The van der Waals surface area contributed by atoms with Gasteiger partial charge in [0.1, 0.15) is 0 Å². The predicted molar refractivity (Wildman–Crippen MR) is 61.3 cm³/mol. The minimum absolute atomic E-state index is 0.0591. The molecule has 0 aliphatic carbocycles. The largest absolute Gasteiger partial charge is 0.478 e. The smallest absolute Gasteiger partial charge is 0.460 e. The predicted octanol–water partition coefficient (Wildman–Crippen LogP) is 5.39. The Morgan fingerprint density at radius 2 is 1.07 bits per heavy atom. The molecule has 1 atom stereocenters. The molecule has 0 spiro atoms. The lowest BCUT2D eigenvalue weighted by Crippen LogP contribution is -2.70. The van der Waals surface area contributed by atoms with Crippen LogP contribution in [-0.2, 0) is 4.79 Å². The fourth-order valence-corrected chi connectivity index (χ4v) is 1.62. The number of alkyl halides is 13. The highest BCUT2D eigenvalue weighted by molar-refractivity contribution is 5.85. The number of carboxylic acids is 1. The van der Waals surface area contributed by atoms with Crippen molar-refractivity contribution in [3.05, 3.63) is 11.6 Å². The van der Waals surface area contributed by atoms with Crippen molar-refractivity contribution in [2.75, 3.05) is 0 Å². The fourth-order valence-electron chi connectivity index (χ4n) is 1.62. The zero-order chi connectivity index (χ0) is 22.4. The second kappa shape index (κ2) is 6.72. The molecule has 0 saturated heterocycles. The minimum atomic E-state index is -7.98. The van der Waals surface area contributed by atoms with Gasteiger partial charge in [-0.1, -0.05) is 13.0 Å². The Morgan fingerprint density at radius 1 is 0.741 bits per heavy atom. The van der Waals surface area contributed by atoms with Crippen molar-refractivity contribution in [1.82, 2.24) is 0 Å². The maximum absolute atomic E-state index is 13.6. The van der Waals surface area contributed by atoms with Crippen LogP contribution < -0.4 is 0 Å². The summed E-state index contributed by atoms with van der Waals surface area (Å²) >= 11 is 0. The highest BCUT2D eigenvalue weighted by Crippen LogP contribution is 2.61. The molecule has 15 heteroatoms. The normalized spacial score (nSPS) is 17.1. The van der Waals surface area contributed by atoms with Gasteiger partial charge in [-0.3, -0.25) is 0 Å². The Kier molecular flexibility index (Phi) is 6.30. The molecule has 0 aromatic rings. The van der Waals surface area contributed by atoms with Gasteiger partial charge in [0.2, 0.25) is 0 Å². The van der Waals surface area contributed by atoms with Crippen molar-refractivity contribution < 1.29 is 67.0 Å². The van der Waals surface area contributed by atoms with E-state index in [-0.39, 0.29) is 13.0 Å². The van der Waals surface area contributed by atoms with Crippen LogP contribution in [0.3, 0.4) is 0 Å². The maximum atomic E-state index is 13.6. The van der Waals surface area contributed by atoms with Crippen molar-refractivity contribution in [2.24, 2.45) is 5.92 Å². The SMILES string of the molecule is CC(=CC(C)C(F)(F)C(F)(F)C(F)(F)C(F)(F)C(F)(F)C(F)(F)F)C(=O)O. The summed E-state index contributed by atoms with van der Waals surface area (Å²) < 4.78 is 168. The van der Waals surface area contributed by atoms with Crippen molar-refractivity contribution in [2.45, 2.75) is 49.6 Å². The number of halogens is 13. The van der Waals surface area contributed by atoms with Crippen LogP contribution in [0.5, 0.6) is 0 Å². The lowest BCUT2D eigenvalue weighted by Gasteiger charge is -2.40. The first-order valence-electron chi connectivity index (χ1n) is 6.37. The van der Waals surface area contributed by atoms with Crippen LogP contribution >= 0.6 is 0 Å². The van der Waals surface area contributed by atoms with E-state index in [1.165, 1.54) is 0 Å². The maximum Gasteiger partial charge on any atom is 0.460 e. The molecule has 0 aromatic heterocycles. The van der Waals surface area contributed by atoms with Gasteiger partial charge in [-0.15, -0.1) is 0 Å². The van der Waals surface area contributed by atoms with E-state index >= 15 is 0 Å². The number of allylic oxidation sites excluding steroid dienone is 1. The molecule has 27 heavy (non-hydrogen) atoms. The van der Waals surface area contributed by atoms with Crippen LogP contribution in [0.4, 0.5) is 57.1 Å². The summed E-state index contributed by atoms with van der Waals surface area (Å²) in [6.45, 7) is 0.452. The molecule has 0 amide bonds. The molecule has 0 aliphatic heterocycles. The molecule has 0 bridgehead atoms. The van der Waals surface area contributed by atoms with Crippen LogP contribution in [0.1, 0.15) is 13.8 Å². The monoisotopic (exact) mass is 432 g/mol. The molecular weight excluding hydrogens is 423 g/mol. The van der Waals surface area contributed by atoms with E-state index in [0.717, 1.165) is 0 Å². The first-order valence-corrected chi connectivity index (χ1v) is 6.37. The number of hydrogen-bond acceptors (Lipinski definition) is 1. The Balaban J connectivity index is 6.39. The number of rotatable bonds is 7. The lowest BCUT2D eigenvalue weighted by molar-refractivity contribution is -0.441. The molecule has 1 N–H and O–H groups in total. The standard InChI is InChI=1S/C12H9F13O2/c1-4(6(26)27)3-5(2)7(13,14)8(15,16)9(17,18)10(19,20)11(21,22)12(23,24)25/h3,5H,1-2H3,(H,26,27). The van der Waals surface area contributed by atoms with Gasteiger partial charge in [0.15, 0.2) is 0 Å². The first kappa shape index (κ1) is 25.3. The molecule has 0 heterocycles.